The summed E-state index contributed by atoms with van der Waals surface area (Å²) in [5, 5.41) is 11.3. The van der Waals surface area contributed by atoms with Gasteiger partial charge in [-0.25, -0.2) is 18.0 Å². The summed E-state index contributed by atoms with van der Waals surface area (Å²) in [7, 11) is -3.09. The molecule has 1 aliphatic heterocycles. The fraction of sp³-hybridized carbons (Fsp3) is 0.636. The largest absolute Gasteiger partial charge is 0.480 e. The Morgan fingerprint density at radius 1 is 1.37 bits per heavy atom. The van der Waals surface area contributed by atoms with Crippen LogP contribution in [0.2, 0.25) is 0 Å². The first-order valence-electron chi connectivity index (χ1n) is 5.95. The molecule has 7 nitrogen and oxygen atoms in total. The van der Waals surface area contributed by atoms with Crippen molar-refractivity contribution in [1.29, 1.82) is 0 Å². The van der Waals surface area contributed by atoms with E-state index < -0.39 is 27.9 Å². The molecule has 0 aromatic heterocycles. The van der Waals surface area contributed by atoms with Gasteiger partial charge in [-0.2, -0.15) is 0 Å². The summed E-state index contributed by atoms with van der Waals surface area (Å²) < 4.78 is 22.8. The van der Waals surface area contributed by atoms with Gasteiger partial charge in [0.2, 0.25) is 0 Å². The minimum absolute atomic E-state index is 0.0613. The molecular weight excluding hydrogens is 272 g/mol. The monoisotopic (exact) mass is 290 g/mol. The molecule has 1 saturated heterocycles. The standard InChI is InChI=1S/C11H18N2O5S/c1-2-4-9(10(14)15)12-11(16)13-5-3-7-19(17,18)8-6-13/h2,9H,1,3-8H2,(H,12,16)(H,14,15). The Labute approximate surface area is 112 Å². The number of sulfone groups is 1. The summed E-state index contributed by atoms with van der Waals surface area (Å²) in [5.41, 5.74) is 0. The van der Waals surface area contributed by atoms with Gasteiger partial charge >= 0.3 is 12.0 Å². The van der Waals surface area contributed by atoms with Gasteiger partial charge in [0, 0.05) is 13.1 Å². The first kappa shape index (κ1) is 15.5. The molecule has 0 aromatic rings. The van der Waals surface area contributed by atoms with E-state index in [2.05, 4.69) is 11.9 Å². The zero-order chi connectivity index (χ0) is 14.5. The minimum atomic E-state index is -3.09. The summed E-state index contributed by atoms with van der Waals surface area (Å²) in [4.78, 5) is 24.1. The average molecular weight is 290 g/mol. The zero-order valence-electron chi connectivity index (χ0n) is 10.5. The van der Waals surface area contributed by atoms with E-state index in [-0.39, 0.29) is 24.5 Å². The molecule has 2 amide bonds. The predicted molar refractivity (Wildman–Crippen MR) is 69.6 cm³/mol. The van der Waals surface area contributed by atoms with Gasteiger partial charge in [0.05, 0.1) is 11.5 Å². The van der Waals surface area contributed by atoms with Crippen molar-refractivity contribution in [2.45, 2.75) is 18.9 Å². The Morgan fingerprint density at radius 2 is 2.05 bits per heavy atom. The molecule has 108 valence electrons. The van der Waals surface area contributed by atoms with Crippen LogP contribution in [0.15, 0.2) is 12.7 Å². The lowest BCUT2D eigenvalue weighted by Gasteiger charge is -2.22. The molecule has 0 spiro atoms. The number of aliphatic carboxylic acids is 1. The van der Waals surface area contributed by atoms with Crippen molar-refractivity contribution in [3.05, 3.63) is 12.7 Å². The maximum Gasteiger partial charge on any atom is 0.326 e. The maximum absolute atomic E-state index is 11.9. The van der Waals surface area contributed by atoms with E-state index in [1.54, 1.807) is 0 Å². The highest BCUT2D eigenvalue weighted by molar-refractivity contribution is 7.91. The van der Waals surface area contributed by atoms with Gasteiger partial charge in [-0.3, -0.25) is 0 Å². The van der Waals surface area contributed by atoms with E-state index in [4.69, 9.17) is 5.11 Å². The smallest absolute Gasteiger partial charge is 0.326 e. The lowest BCUT2D eigenvalue weighted by molar-refractivity contribution is -0.139. The molecule has 1 unspecified atom stereocenters. The van der Waals surface area contributed by atoms with E-state index in [1.807, 2.05) is 0 Å². The van der Waals surface area contributed by atoms with Gasteiger partial charge in [0.25, 0.3) is 0 Å². The Kier molecular flexibility index (Phi) is 5.34. The third-order valence-corrected chi connectivity index (χ3v) is 4.56. The summed E-state index contributed by atoms with van der Waals surface area (Å²) >= 11 is 0. The summed E-state index contributed by atoms with van der Waals surface area (Å²) in [6, 6.07) is -1.59. The van der Waals surface area contributed by atoms with Crippen LogP contribution in [-0.2, 0) is 14.6 Å². The van der Waals surface area contributed by atoms with Crippen LogP contribution < -0.4 is 5.32 Å². The fourth-order valence-electron chi connectivity index (χ4n) is 1.77. The number of amides is 2. The summed E-state index contributed by atoms with van der Waals surface area (Å²) in [5.74, 6) is -1.17. The number of carboxylic acid groups (broad SMARTS) is 1. The molecular formula is C11H18N2O5S. The third-order valence-electron chi connectivity index (χ3n) is 2.84. The van der Waals surface area contributed by atoms with Crippen LogP contribution in [0.1, 0.15) is 12.8 Å². The number of carbonyl (C=O) groups is 2. The number of carboxylic acids is 1. The van der Waals surface area contributed by atoms with Gasteiger partial charge in [0.1, 0.15) is 6.04 Å². The Hall–Kier alpha value is -1.57. The molecule has 8 heteroatoms. The number of nitrogens with one attached hydrogen (secondary N) is 1. The van der Waals surface area contributed by atoms with Crippen molar-refractivity contribution in [2.75, 3.05) is 24.6 Å². The van der Waals surface area contributed by atoms with Crippen molar-refractivity contribution in [2.24, 2.45) is 0 Å². The quantitative estimate of drug-likeness (QED) is 0.700. The minimum Gasteiger partial charge on any atom is -0.480 e. The molecule has 0 aromatic carbocycles. The molecule has 0 aliphatic carbocycles. The lowest BCUT2D eigenvalue weighted by Crippen LogP contribution is -2.48. The van der Waals surface area contributed by atoms with Crippen LogP contribution in [0, 0.1) is 0 Å². The number of hydrogen-bond acceptors (Lipinski definition) is 4. The third kappa shape index (κ3) is 4.90. The van der Waals surface area contributed by atoms with Crippen molar-refractivity contribution in [3.8, 4) is 0 Å². The van der Waals surface area contributed by atoms with Gasteiger partial charge in [-0.15, -0.1) is 6.58 Å². The van der Waals surface area contributed by atoms with Crippen molar-refractivity contribution >= 4 is 21.8 Å². The zero-order valence-corrected chi connectivity index (χ0v) is 11.4. The second-order valence-electron chi connectivity index (χ2n) is 4.36. The molecule has 2 N–H and O–H groups in total. The molecule has 0 bridgehead atoms. The van der Waals surface area contributed by atoms with Gasteiger partial charge in [-0.05, 0) is 12.8 Å². The van der Waals surface area contributed by atoms with Crippen LogP contribution >= 0.6 is 0 Å². The van der Waals surface area contributed by atoms with E-state index in [1.165, 1.54) is 11.0 Å². The normalized spacial score (nSPS) is 20.1. The molecule has 0 radical (unpaired) electrons. The van der Waals surface area contributed by atoms with E-state index in [0.717, 1.165) is 0 Å². The first-order valence-corrected chi connectivity index (χ1v) is 7.77. The molecule has 1 atom stereocenters. The molecule has 1 fully saturated rings. The summed E-state index contributed by atoms with van der Waals surface area (Å²) in [6.07, 6.45) is 1.90. The second kappa shape index (κ2) is 6.55. The topological polar surface area (TPSA) is 104 Å². The number of urea groups is 1. The van der Waals surface area contributed by atoms with Gasteiger partial charge in [0.15, 0.2) is 9.84 Å². The lowest BCUT2D eigenvalue weighted by atomic mass is 10.2. The number of carbonyl (C=O) groups excluding carboxylic acids is 1. The highest BCUT2D eigenvalue weighted by atomic mass is 32.2. The Balaban J connectivity index is 2.62. The van der Waals surface area contributed by atoms with Crippen LogP contribution in [0.4, 0.5) is 4.79 Å². The Bertz CT molecular complexity index is 460. The van der Waals surface area contributed by atoms with E-state index in [9.17, 15) is 18.0 Å². The highest BCUT2D eigenvalue weighted by Crippen LogP contribution is 2.06. The van der Waals surface area contributed by atoms with Crippen molar-refractivity contribution in [1.82, 2.24) is 10.2 Å². The molecule has 19 heavy (non-hydrogen) atoms. The van der Waals surface area contributed by atoms with Crippen molar-refractivity contribution < 1.29 is 23.1 Å². The van der Waals surface area contributed by atoms with Gasteiger partial charge < -0.3 is 15.3 Å². The van der Waals surface area contributed by atoms with E-state index >= 15 is 0 Å². The molecule has 1 rings (SSSR count). The second-order valence-corrected chi connectivity index (χ2v) is 6.66. The van der Waals surface area contributed by atoms with E-state index in [0.29, 0.717) is 13.0 Å². The molecule has 0 saturated carbocycles. The predicted octanol–water partition coefficient (Wildman–Crippen LogP) is -0.154. The Morgan fingerprint density at radius 3 is 2.63 bits per heavy atom. The maximum atomic E-state index is 11.9. The first-order chi connectivity index (χ1) is 8.85. The van der Waals surface area contributed by atoms with Crippen molar-refractivity contribution in [3.63, 3.8) is 0 Å². The number of hydrogen-bond donors (Lipinski definition) is 2. The van der Waals surface area contributed by atoms with Crippen LogP contribution in [0.3, 0.4) is 0 Å². The van der Waals surface area contributed by atoms with Crippen LogP contribution in [-0.4, -0.2) is 61.1 Å². The number of rotatable bonds is 4. The fourth-order valence-corrected chi connectivity index (χ4v) is 3.04. The highest BCUT2D eigenvalue weighted by Gasteiger charge is 2.25. The van der Waals surface area contributed by atoms with Crippen LogP contribution in [0.25, 0.3) is 0 Å². The average Bonchev–Trinajstić information content (AvgIpc) is 2.49. The van der Waals surface area contributed by atoms with Crippen LogP contribution in [0.5, 0.6) is 0 Å². The molecule has 1 heterocycles. The number of nitrogens with zero attached hydrogens (tertiary/aromatic N) is 1. The summed E-state index contributed by atoms with van der Waals surface area (Å²) in [6.45, 7) is 3.83. The SMILES string of the molecule is C=CCC(NC(=O)N1CCCS(=O)(=O)CC1)C(=O)O. The molecule has 1 aliphatic rings. The van der Waals surface area contributed by atoms with Gasteiger partial charge in [-0.1, -0.05) is 6.08 Å².